The van der Waals surface area contributed by atoms with Crippen LogP contribution in [0.2, 0.25) is 0 Å². The molecule has 6 heteroatoms. The molecule has 2 heterocycles. The molecule has 1 saturated heterocycles. The predicted molar refractivity (Wildman–Crippen MR) is 82.7 cm³/mol. The average Bonchev–Trinajstić information content (AvgIpc) is 3.03. The molecule has 1 aliphatic rings. The minimum atomic E-state index is -0.380. The van der Waals surface area contributed by atoms with Gasteiger partial charge in [0.1, 0.15) is 18.7 Å². The van der Waals surface area contributed by atoms with Gasteiger partial charge in [0.15, 0.2) is 0 Å². The highest BCUT2D eigenvalue weighted by molar-refractivity contribution is 5.81. The van der Waals surface area contributed by atoms with Gasteiger partial charge in [-0.25, -0.2) is 4.98 Å². The number of nitrogens with zero attached hydrogens (tertiary/aromatic N) is 4. The van der Waals surface area contributed by atoms with Crippen LogP contribution in [-0.2, 0) is 11.3 Å². The van der Waals surface area contributed by atoms with Crippen LogP contribution >= 0.6 is 0 Å². The second kappa shape index (κ2) is 6.70. The maximum Gasteiger partial charge on any atom is 0.239 e. The van der Waals surface area contributed by atoms with Gasteiger partial charge in [0.25, 0.3) is 0 Å². The van der Waals surface area contributed by atoms with Crippen LogP contribution in [0.25, 0.3) is 0 Å². The van der Waals surface area contributed by atoms with E-state index >= 15 is 0 Å². The second-order valence-electron chi connectivity index (χ2n) is 5.72. The fraction of sp³-hybridized carbons (Fsp3) is 0.438. The Kier molecular flexibility index (Phi) is 4.48. The Morgan fingerprint density at radius 3 is 2.82 bits per heavy atom. The van der Waals surface area contributed by atoms with Crippen molar-refractivity contribution in [1.29, 1.82) is 0 Å². The van der Waals surface area contributed by atoms with Crippen molar-refractivity contribution < 1.29 is 4.79 Å². The van der Waals surface area contributed by atoms with Gasteiger partial charge in [0, 0.05) is 6.04 Å². The molecule has 2 aromatic rings. The molecule has 2 atom stereocenters. The first-order chi connectivity index (χ1) is 10.8. The summed E-state index contributed by atoms with van der Waals surface area (Å²) in [5, 5.41) is 4.18. The fourth-order valence-electron chi connectivity index (χ4n) is 3.26. The quantitative estimate of drug-likeness (QED) is 0.904. The second-order valence-corrected chi connectivity index (χ2v) is 5.72. The molecule has 0 aliphatic carbocycles. The molecule has 116 valence electrons. The normalized spacial score (nSPS) is 20.6. The topological polar surface area (TPSA) is 77.0 Å². The van der Waals surface area contributed by atoms with Crippen LogP contribution < -0.4 is 5.73 Å². The van der Waals surface area contributed by atoms with E-state index in [1.54, 1.807) is 6.33 Å². The molecule has 0 spiro atoms. The molecule has 1 aliphatic heterocycles. The summed E-state index contributed by atoms with van der Waals surface area (Å²) in [6.07, 6.45) is 6.54. The number of rotatable bonds is 5. The lowest BCUT2D eigenvalue weighted by atomic mass is 9.96. The van der Waals surface area contributed by atoms with Crippen LogP contribution in [0, 0.1) is 0 Å². The lowest BCUT2D eigenvalue weighted by Gasteiger charge is -2.40. The van der Waals surface area contributed by atoms with Crippen molar-refractivity contribution in [3.63, 3.8) is 0 Å². The zero-order valence-electron chi connectivity index (χ0n) is 12.5. The van der Waals surface area contributed by atoms with Crippen LogP contribution in [0.3, 0.4) is 0 Å². The van der Waals surface area contributed by atoms with Crippen molar-refractivity contribution in [3.8, 4) is 0 Å². The number of amides is 1. The number of primary amides is 1. The molecule has 1 amide bonds. The summed E-state index contributed by atoms with van der Waals surface area (Å²) in [6, 6.07) is 9.64. The molecule has 0 unspecified atom stereocenters. The Morgan fingerprint density at radius 2 is 2.14 bits per heavy atom. The van der Waals surface area contributed by atoms with Crippen LogP contribution in [0.4, 0.5) is 0 Å². The number of hydrogen-bond acceptors (Lipinski definition) is 4. The molecule has 2 N–H and O–H groups in total. The first-order valence-corrected chi connectivity index (χ1v) is 7.68. The predicted octanol–water partition coefficient (Wildman–Crippen LogP) is 1.36. The summed E-state index contributed by atoms with van der Waals surface area (Å²) in [6.45, 7) is 1.61. The van der Waals surface area contributed by atoms with Crippen LogP contribution in [0.15, 0.2) is 43.0 Å². The van der Waals surface area contributed by atoms with Crippen molar-refractivity contribution in [2.45, 2.75) is 37.9 Å². The Bertz CT molecular complexity index is 598. The summed E-state index contributed by atoms with van der Waals surface area (Å²) in [5.74, 6) is -0.295. The largest absolute Gasteiger partial charge is 0.368 e. The molecular weight excluding hydrogens is 278 g/mol. The van der Waals surface area contributed by atoms with Crippen LogP contribution in [0.5, 0.6) is 0 Å². The molecule has 0 radical (unpaired) electrons. The number of carbonyl (C=O) groups is 1. The van der Waals surface area contributed by atoms with E-state index in [1.165, 1.54) is 6.33 Å². The first-order valence-electron chi connectivity index (χ1n) is 7.68. The third-order valence-electron chi connectivity index (χ3n) is 4.25. The number of carbonyl (C=O) groups excluding carboxylic acids is 1. The number of piperidine rings is 1. The van der Waals surface area contributed by atoms with E-state index in [0.29, 0.717) is 0 Å². The standard InChI is InChI=1S/C16H21N5O/c17-16(22)15(13-6-2-1-3-7-13)21-9-5-4-8-14(21)10-20-12-18-11-19-20/h1-3,6-7,11-12,14-15H,4-5,8-10H2,(H2,17,22)/t14-,15-/m0/s1. The third kappa shape index (κ3) is 3.17. The lowest BCUT2D eigenvalue weighted by Crippen LogP contribution is -2.48. The van der Waals surface area contributed by atoms with Gasteiger partial charge in [-0.1, -0.05) is 36.8 Å². The molecule has 0 bridgehead atoms. The van der Waals surface area contributed by atoms with E-state index < -0.39 is 0 Å². The smallest absolute Gasteiger partial charge is 0.239 e. The summed E-state index contributed by atoms with van der Waals surface area (Å²) >= 11 is 0. The fourth-order valence-corrected chi connectivity index (χ4v) is 3.26. The molecule has 3 rings (SSSR count). The van der Waals surface area contributed by atoms with Crippen molar-refractivity contribution in [2.75, 3.05) is 6.54 Å². The highest BCUT2D eigenvalue weighted by atomic mass is 16.1. The number of nitrogens with two attached hydrogens (primary N) is 1. The highest BCUT2D eigenvalue weighted by Crippen LogP contribution is 2.29. The van der Waals surface area contributed by atoms with E-state index in [9.17, 15) is 4.79 Å². The van der Waals surface area contributed by atoms with Gasteiger partial charge in [0.05, 0.1) is 6.54 Å². The molecule has 0 saturated carbocycles. The van der Waals surface area contributed by atoms with Crippen molar-refractivity contribution >= 4 is 5.91 Å². The van der Waals surface area contributed by atoms with Gasteiger partial charge >= 0.3 is 0 Å². The maximum atomic E-state index is 12.1. The Morgan fingerprint density at radius 1 is 1.32 bits per heavy atom. The Labute approximate surface area is 129 Å². The summed E-state index contributed by atoms with van der Waals surface area (Å²) < 4.78 is 1.83. The van der Waals surface area contributed by atoms with Gasteiger partial charge in [-0.15, -0.1) is 0 Å². The van der Waals surface area contributed by atoms with E-state index in [0.717, 1.165) is 37.9 Å². The zero-order chi connectivity index (χ0) is 15.4. The van der Waals surface area contributed by atoms with E-state index in [1.807, 2.05) is 35.0 Å². The van der Waals surface area contributed by atoms with Crippen molar-refractivity contribution in [3.05, 3.63) is 48.5 Å². The highest BCUT2D eigenvalue weighted by Gasteiger charge is 2.33. The molecule has 1 fully saturated rings. The number of aromatic nitrogens is 3. The van der Waals surface area contributed by atoms with Crippen LogP contribution in [-0.4, -0.2) is 38.2 Å². The summed E-state index contributed by atoms with van der Waals surface area (Å²) in [5.41, 5.74) is 6.68. The van der Waals surface area contributed by atoms with Gasteiger partial charge in [-0.05, 0) is 24.9 Å². The molecule has 22 heavy (non-hydrogen) atoms. The molecule has 1 aromatic heterocycles. The third-order valence-corrected chi connectivity index (χ3v) is 4.25. The van der Waals surface area contributed by atoms with Gasteiger partial charge < -0.3 is 5.73 Å². The van der Waals surface area contributed by atoms with Crippen molar-refractivity contribution in [1.82, 2.24) is 19.7 Å². The Hall–Kier alpha value is -2.21. The summed E-state index contributed by atoms with van der Waals surface area (Å²) in [7, 11) is 0. The summed E-state index contributed by atoms with van der Waals surface area (Å²) in [4.78, 5) is 18.3. The SMILES string of the molecule is NC(=O)[C@H](c1ccccc1)N1CCCC[C@H]1Cn1cncn1. The monoisotopic (exact) mass is 299 g/mol. The van der Waals surface area contributed by atoms with Gasteiger partial charge in [-0.2, -0.15) is 5.10 Å². The first kappa shape index (κ1) is 14.7. The van der Waals surface area contributed by atoms with Crippen LogP contribution in [0.1, 0.15) is 30.9 Å². The minimum absolute atomic E-state index is 0.244. The number of hydrogen-bond donors (Lipinski definition) is 1. The number of likely N-dealkylation sites (tertiary alicyclic amines) is 1. The number of benzene rings is 1. The minimum Gasteiger partial charge on any atom is -0.368 e. The molecule has 1 aromatic carbocycles. The molecule has 6 nitrogen and oxygen atoms in total. The van der Waals surface area contributed by atoms with E-state index in [4.69, 9.17) is 5.73 Å². The average molecular weight is 299 g/mol. The van der Waals surface area contributed by atoms with E-state index in [2.05, 4.69) is 15.0 Å². The van der Waals surface area contributed by atoms with E-state index in [-0.39, 0.29) is 18.0 Å². The lowest BCUT2D eigenvalue weighted by molar-refractivity contribution is -0.125. The maximum absolute atomic E-state index is 12.1. The van der Waals surface area contributed by atoms with Gasteiger partial charge in [-0.3, -0.25) is 14.4 Å². The van der Waals surface area contributed by atoms with Crippen molar-refractivity contribution in [2.24, 2.45) is 5.73 Å². The van der Waals surface area contributed by atoms with Gasteiger partial charge in [0.2, 0.25) is 5.91 Å². The zero-order valence-corrected chi connectivity index (χ0v) is 12.5. The Balaban J connectivity index is 1.85. The molecular formula is C16H21N5O.